The third-order valence-electron chi connectivity index (χ3n) is 4.23. The lowest BCUT2D eigenvalue weighted by Gasteiger charge is -2.07. The summed E-state index contributed by atoms with van der Waals surface area (Å²) in [5.74, 6) is 3.18. The molecule has 0 amide bonds. The van der Waals surface area contributed by atoms with Gasteiger partial charge in [0, 0.05) is 13.0 Å². The summed E-state index contributed by atoms with van der Waals surface area (Å²) in [5, 5.41) is 7.48. The van der Waals surface area contributed by atoms with Gasteiger partial charge in [-0.15, -0.1) is 0 Å². The second-order valence-electron chi connectivity index (χ2n) is 5.65. The van der Waals surface area contributed by atoms with Crippen LogP contribution in [0.1, 0.15) is 36.2 Å². The van der Waals surface area contributed by atoms with Crippen LogP contribution < -0.4 is 10.1 Å². The van der Waals surface area contributed by atoms with Crippen molar-refractivity contribution in [3.8, 4) is 5.75 Å². The highest BCUT2D eigenvalue weighted by atomic mass is 16.5. The number of para-hydroxylation sites is 1. The Hall–Kier alpha value is -1.88. The van der Waals surface area contributed by atoms with Crippen molar-refractivity contribution in [2.24, 2.45) is 5.92 Å². The molecule has 0 bridgehead atoms. The standard InChI is InChI=1S/C15H17N3O2/c1-9-7-16-8-11(9)15-17-14(18-20-15)13-6-10-4-2-3-5-12(10)19-13/h2-5,9,11,13,16H,6-8H2,1H3/t9-,11-,13?/m1/s1. The number of ether oxygens (including phenoxy) is 1. The molecule has 1 saturated heterocycles. The van der Waals surface area contributed by atoms with E-state index >= 15 is 0 Å². The summed E-state index contributed by atoms with van der Waals surface area (Å²) < 4.78 is 11.3. The molecule has 0 spiro atoms. The molecule has 0 saturated carbocycles. The number of hydrogen-bond donors (Lipinski definition) is 1. The summed E-state index contributed by atoms with van der Waals surface area (Å²) >= 11 is 0. The van der Waals surface area contributed by atoms with Crippen LogP contribution in [0.2, 0.25) is 0 Å². The lowest BCUT2D eigenvalue weighted by Crippen LogP contribution is -2.09. The van der Waals surface area contributed by atoms with Crippen LogP contribution in [0, 0.1) is 5.92 Å². The molecule has 3 heterocycles. The van der Waals surface area contributed by atoms with Gasteiger partial charge in [0.05, 0.1) is 5.92 Å². The SMILES string of the molecule is C[C@@H]1CNC[C@H]1c1nc(C2Cc3ccccc3O2)no1. The molecule has 1 fully saturated rings. The number of fused-ring (bicyclic) bond motifs is 1. The zero-order valence-corrected chi connectivity index (χ0v) is 11.4. The smallest absolute Gasteiger partial charge is 0.231 e. The van der Waals surface area contributed by atoms with E-state index in [1.54, 1.807) is 0 Å². The lowest BCUT2D eigenvalue weighted by atomic mass is 9.98. The largest absolute Gasteiger partial charge is 0.482 e. The van der Waals surface area contributed by atoms with Gasteiger partial charge in [-0.3, -0.25) is 0 Å². The van der Waals surface area contributed by atoms with Crippen molar-refractivity contribution in [3.63, 3.8) is 0 Å². The molecule has 5 heteroatoms. The molecule has 1 N–H and O–H groups in total. The normalized spacial score (nSPS) is 28.4. The van der Waals surface area contributed by atoms with E-state index in [1.807, 2.05) is 18.2 Å². The Bertz CT molecular complexity index is 600. The summed E-state index contributed by atoms with van der Waals surface area (Å²) in [6.45, 7) is 4.12. The molecule has 5 nitrogen and oxygen atoms in total. The van der Waals surface area contributed by atoms with E-state index < -0.39 is 0 Å². The average Bonchev–Trinajstić information content (AvgIpc) is 3.15. The first-order chi connectivity index (χ1) is 9.81. The first-order valence-corrected chi connectivity index (χ1v) is 7.10. The zero-order valence-electron chi connectivity index (χ0n) is 11.4. The Balaban J connectivity index is 1.55. The van der Waals surface area contributed by atoms with Gasteiger partial charge in [-0.25, -0.2) is 0 Å². The molecular formula is C15H17N3O2. The van der Waals surface area contributed by atoms with Gasteiger partial charge in [0.2, 0.25) is 11.7 Å². The van der Waals surface area contributed by atoms with Crippen molar-refractivity contribution in [3.05, 3.63) is 41.5 Å². The Labute approximate surface area is 117 Å². The molecule has 1 unspecified atom stereocenters. The maximum absolute atomic E-state index is 5.90. The van der Waals surface area contributed by atoms with Crippen LogP contribution in [0.15, 0.2) is 28.8 Å². The molecule has 1 aromatic heterocycles. The van der Waals surface area contributed by atoms with Gasteiger partial charge in [-0.2, -0.15) is 4.98 Å². The second-order valence-corrected chi connectivity index (χ2v) is 5.65. The summed E-state index contributed by atoms with van der Waals surface area (Å²) in [7, 11) is 0. The maximum Gasteiger partial charge on any atom is 0.231 e. The predicted molar refractivity (Wildman–Crippen MR) is 72.6 cm³/mol. The molecule has 104 valence electrons. The molecule has 0 radical (unpaired) electrons. The first-order valence-electron chi connectivity index (χ1n) is 7.10. The molecule has 1 aromatic carbocycles. The van der Waals surface area contributed by atoms with Gasteiger partial charge in [0.1, 0.15) is 5.75 Å². The third kappa shape index (κ3) is 1.89. The number of nitrogens with zero attached hydrogens (tertiary/aromatic N) is 2. The Morgan fingerprint density at radius 1 is 1.25 bits per heavy atom. The highest BCUT2D eigenvalue weighted by molar-refractivity contribution is 5.37. The Morgan fingerprint density at radius 2 is 2.15 bits per heavy atom. The summed E-state index contributed by atoms with van der Waals surface area (Å²) in [6.07, 6.45) is 0.697. The maximum atomic E-state index is 5.90. The quantitative estimate of drug-likeness (QED) is 0.906. The molecule has 0 aliphatic carbocycles. The molecular weight excluding hydrogens is 254 g/mol. The van der Waals surface area contributed by atoms with Crippen LogP contribution in [0.4, 0.5) is 0 Å². The molecule has 20 heavy (non-hydrogen) atoms. The number of hydrogen-bond acceptors (Lipinski definition) is 5. The number of aromatic nitrogens is 2. The molecule has 2 aliphatic rings. The van der Waals surface area contributed by atoms with E-state index in [9.17, 15) is 0 Å². The van der Waals surface area contributed by atoms with Gasteiger partial charge in [0.25, 0.3) is 0 Å². The molecule has 3 atom stereocenters. The minimum atomic E-state index is -0.116. The van der Waals surface area contributed by atoms with Crippen molar-refractivity contribution in [1.29, 1.82) is 0 Å². The van der Waals surface area contributed by atoms with Gasteiger partial charge in [0.15, 0.2) is 6.10 Å². The summed E-state index contributed by atoms with van der Waals surface area (Å²) in [6, 6.07) is 8.07. The van der Waals surface area contributed by atoms with Crippen molar-refractivity contribution in [1.82, 2.24) is 15.5 Å². The zero-order chi connectivity index (χ0) is 13.5. The fourth-order valence-electron chi connectivity index (χ4n) is 3.00. The van der Waals surface area contributed by atoms with Gasteiger partial charge < -0.3 is 14.6 Å². The third-order valence-corrected chi connectivity index (χ3v) is 4.23. The van der Waals surface area contributed by atoms with Crippen LogP contribution in [0.3, 0.4) is 0 Å². The number of benzene rings is 1. The molecule has 2 aliphatic heterocycles. The number of rotatable bonds is 2. The highest BCUT2D eigenvalue weighted by Crippen LogP contribution is 2.36. The van der Waals surface area contributed by atoms with Crippen molar-refractivity contribution < 1.29 is 9.26 Å². The fourth-order valence-corrected chi connectivity index (χ4v) is 3.00. The summed E-state index contributed by atoms with van der Waals surface area (Å²) in [4.78, 5) is 4.56. The lowest BCUT2D eigenvalue weighted by molar-refractivity contribution is 0.220. The minimum Gasteiger partial charge on any atom is -0.482 e. The van der Waals surface area contributed by atoms with Crippen molar-refractivity contribution in [2.75, 3.05) is 13.1 Å². The Kier molecular flexibility index (Phi) is 2.73. The predicted octanol–water partition coefficient (Wildman–Crippen LogP) is 2.07. The van der Waals surface area contributed by atoms with Crippen molar-refractivity contribution in [2.45, 2.75) is 25.4 Å². The van der Waals surface area contributed by atoms with Gasteiger partial charge in [-0.05, 0) is 24.1 Å². The van der Waals surface area contributed by atoms with Crippen LogP contribution in [-0.2, 0) is 6.42 Å². The van der Waals surface area contributed by atoms with E-state index in [0.717, 1.165) is 31.2 Å². The van der Waals surface area contributed by atoms with E-state index in [0.29, 0.717) is 17.7 Å². The van der Waals surface area contributed by atoms with Crippen LogP contribution >= 0.6 is 0 Å². The Morgan fingerprint density at radius 3 is 2.95 bits per heavy atom. The van der Waals surface area contributed by atoms with Crippen LogP contribution in [0.5, 0.6) is 5.75 Å². The van der Waals surface area contributed by atoms with E-state index in [2.05, 4.69) is 28.4 Å². The fraction of sp³-hybridized carbons (Fsp3) is 0.467. The topological polar surface area (TPSA) is 60.2 Å². The monoisotopic (exact) mass is 271 g/mol. The first kappa shape index (κ1) is 11.9. The van der Waals surface area contributed by atoms with Crippen LogP contribution in [-0.4, -0.2) is 23.2 Å². The summed E-state index contributed by atoms with van der Waals surface area (Å²) in [5.41, 5.74) is 1.21. The van der Waals surface area contributed by atoms with Crippen molar-refractivity contribution >= 4 is 0 Å². The number of nitrogens with one attached hydrogen (secondary N) is 1. The minimum absolute atomic E-state index is 0.116. The van der Waals surface area contributed by atoms with E-state index in [4.69, 9.17) is 9.26 Å². The van der Waals surface area contributed by atoms with Crippen LogP contribution in [0.25, 0.3) is 0 Å². The average molecular weight is 271 g/mol. The van der Waals surface area contributed by atoms with E-state index in [-0.39, 0.29) is 6.10 Å². The van der Waals surface area contributed by atoms with E-state index in [1.165, 1.54) is 5.56 Å². The highest BCUT2D eigenvalue weighted by Gasteiger charge is 2.33. The second kappa shape index (κ2) is 4.59. The molecule has 4 rings (SSSR count). The van der Waals surface area contributed by atoms with Gasteiger partial charge >= 0.3 is 0 Å². The van der Waals surface area contributed by atoms with Gasteiger partial charge in [-0.1, -0.05) is 30.3 Å². The molecule has 2 aromatic rings.